The van der Waals surface area contributed by atoms with Gasteiger partial charge in [-0.3, -0.25) is 0 Å². The summed E-state index contributed by atoms with van der Waals surface area (Å²) < 4.78 is 0. The topological polar surface area (TPSA) is 72.2 Å². The average molecular weight is 210 g/mol. The van der Waals surface area contributed by atoms with Crippen molar-refractivity contribution in [1.82, 2.24) is 4.90 Å². The molecule has 2 rings (SSSR count). The summed E-state index contributed by atoms with van der Waals surface area (Å²) in [6.45, 7) is 3.75. The number of aliphatic hydroxyl groups is 1. The van der Waals surface area contributed by atoms with Crippen molar-refractivity contribution in [2.75, 3.05) is 32.8 Å². The normalized spacial score (nSPS) is 35.1. The van der Waals surface area contributed by atoms with Gasteiger partial charge in [-0.05, 0) is 24.3 Å². The van der Waals surface area contributed by atoms with Crippen molar-refractivity contribution in [1.29, 1.82) is 0 Å². The van der Waals surface area contributed by atoms with E-state index in [9.17, 15) is 5.11 Å². The summed E-state index contributed by atoms with van der Waals surface area (Å²) in [6, 6.07) is 0. The fourth-order valence-electron chi connectivity index (χ4n) is 3.18. The maximum atomic E-state index is 9.51. The molecular formula is C10H18N4O. The predicted octanol–water partition coefficient (Wildman–Crippen LogP) is 1.39. The molecule has 84 valence electrons. The summed E-state index contributed by atoms with van der Waals surface area (Å²) in [5, 5.41) is 13.1. The van der Waals surface area contributed by atoms with Gasteiger partial charge in [-0.15, -0.1) is 0 Å². The highest BCUT2D eigenvalue weighted by Gasteiger charge is 2.48. The Hall–Kier alpha value is -0.770. The standard InChI is InChI=1S/C10H18N4O/c11-13-12-4-5-14-6-9-2-1-3-10(9,7-14)8-15/h9,15H,1-8H2/t9-,10-/m1/s1. The molecule has 0 aromatic carbocycles. The smallest absolute Gasteiger partial charge is 0.0502 e. The second-order valence-electron chi connectivity index (χ2n) is 4.80. The zero-order valence-electron chi connectivity index (χ0n) is 8.97. The number of hydrogen-bond donors (Lipinski definition) is 1. The molecule has 1 heterocycles. The van der Waals surface area contributed by atoms with E-state index in [1.54, 1.807) is 0 Å². The summed E-state index contributed by atoms with van der Waals surface area (Å²) in [6.07, 6.45) is 3.67. The van der Waals surface area contributed by atoms with Gasteiger partial charge in [-0.2, -0.15) is 0 Å². The highest BCUT2D eigenvalue weighted by Crippen LogP contribution is 2.48. The third kappa shape index (κ3) is 1.95. The third-order valence-corrected chi connectivity index (χ3v) is 4.00. The molecule has 0 bridgehead atoms. The van der Waals surface area contributed by atoms with Gasteiger partial charge in [0.2, 0.25) is 0 Å². The van der Waals surface area contributed by atoms with Crippen LogP contribution in [-0.2, 0) is 0 Å². The quantitative estimate of drug-likeness (QED) is 0.432. The first kappa shape index (κ1) is 10.7. The molecule has 0 aromatic rings. The van der Waals surface area contributed by atoms with E-state index in [0.717, 1.165) is 26.1 Å². The number of aliphatic hydroxyl groups excluding tert-OH is 1. The van der Waals surface area contributed by atoms with Crippen LogP contribution in [0.3, 0.4) is 0 Å². The van der Waals surface area contributed by atoms with E-state index in [-0.39, 0.29) is 5.41 Å². The second-order valence-corrected chi connectivity index (χ2v) is 4.80. The van der Waals surface area contributed by atoms with Crippen LogP contribution >= 0.6 is 0 Å². The lowest BCUT2D eigenvalue weighted by atomic mass is 9.82. The number of rotatable bonds is 4. The van der Waals surface area contributed by atoms with Crippen LogP contribution in [0.5, 0.6) is 0 Å². The Bertz CT molecular complexity index is 277. The van der Waals surface area contributed by atoms with Gasteiger partial charge in [0.1, 0.15) is 0 Å². The first-order valence-electron chi connectivity index (χ1n) is 5.65. The van der Waals surface area contributed by atoms with E-state index in [2.05, 4.69) is 14.9 Å². The Morgan fingerprint density at radius 1 is 1.60 bits per heavy atom. The predicted molar refractivity (Wildman–Crippen MR) is 57.3 cm³/mol. The summed E-state index contributed by atoms with van der Waals surface area (Å²) in [7, 11) is 0. The number of nitrogens with zero attached hydrogens (tertiary/aromatic N) is 4. The van der Waals surface area contributed by atoms with E-state index < -0.39 is 0 Å². The molecule has 2 fully saturated rings. The van der Waals surface area contributed by atoms with Gasteiger partial charge in [-0.25, -0.2) is 0 Å². The number of fused-ring (bicyclic) bond motifs is 1. The van der Waals surface area contributed by atoms with Crippen molar-refractivity contribution in [2.45, 2.75) is 19.3 Å². The van der Waals surface area contributed by atoms with Gasteiger partial charge >= 0.3 is 0 Å². The van der Waals surface area contributed by atoms with Gasteiger partial charge in [-0.1, -0.05) is 11.5 Å². The summed E-state index contributed by atoms with van der Waals surface area (Å²) in [5.74, 6) is 0.661. The lowest BCUT2D eigenvalue weighted by Gasteiger charge is -2.26. The van der Waals surface area contributed by atoms with Crippen LogP contribution in [-0.4, -0.2) is 42.8 Å². The van der Waals surface area contributed by atoms with E-state index in [0.29, 0.717) is 19.1 Å². The molecule has 1 saturated heterocycles. The number of hydrogen-bond acceptors (Lipinski definition) is 3. The van der Waals surface area contributed by atoms with Crippen molar-refractivity contribution < 1.29 is 5.11 Å². The van der Waals surface area contributed by atoms with Crippen LogP contribution < -0.4 is 0 Å². The number of azide groups is 1. The van der Waals surface area contributed by atoms with Crippen molar-refractivity contribution in [2.24, 2.45) is 16.4 Å². The Morgan fingerprint density at radius 3 is 3.13 bits per heavy atom. The Balaban J connectivity index is 1.90. The maximum absolute atomic E-state index is 9.51. The van der Waals surface area contributed by atoms with Crippen LogP contribution in [0.1, 0.15) is 19.3 Å². The van der Waals surface area contributed by atoms with E-state index in [1.807, 2.05) is 0 Å². The molecule has 5 nitrogen and oxygen atoms in total. The minimum Gasteiger partial charge on any atom is -0.396 e. The lowest BCUT2D eigenvalue weighted by Crippen LogP contribution is -2.31. The maximum Gasteiger partial charge on any atom is 0.0502 e. The first-order chi connectivity index (χ1) is 7.30. The van der Waals surface area contributed by atoms with E-state index in [4.69, 9.17) is 5.53 Å². The van der Waals surface area contributed by atoms with Crippen LogP contribution in [0.4, 0.5) is 0 Å². The summed E-state index contributed by atoms with van der Waals surface area (Å²) in [5.41, 5.74) is 8.36. The van der Waals surface area contributed by atoms with Gasteiger partial charge in [0.25, 0.3) is 0 Å². The average Bonchev–Trinajstić information content (AvgIpc) is 2.74. The monoisotopic (exact) mass is 210 g/mol. The minimum atomic E-state index is 0.163. The van der Waals surface area contributed by atoms with Crippen molar-refractivity contribution >= 4 is 0 Å². The molecule has 0 spiro atoms. The molecule has 5 heteroatoms. The molecule has 1 saturated carbocycles. The zero-order valence-corrected chi connectivity index (χ0v) is 8.97. The lowest BCUT2D eigenvalue weighted by molar-refractivity contribution is 0.112. The molecule has 1 aliphatic carbocycles. The second kappa shape index (κ2) is 4.39. The summed E-state index contributed by atoms with van der Waals surface area (Å²) >= 11 is 0. The fourth-order valence-corrected chi connectivity index (χ4v) is 3.18. The van der Waals surface area contributed by atoms with Crippen molar-refractivity contribution in [3.8, 4) is 0 Å². The molecule has 0 aromatic heterocycles. The molecule has 0 amide bonds. The van der Waals surface area contributed by atoms with Gasteiger partial charge in [0, 0.05) is 36.5 Å². The Morgan fingerprint density at radius 2 is 2.47 bits per heavy atom. The van der Waals surface area contributed by atoms with Crippen molar-refractivity contribution in [3.63, 3.8) is 0 Å². The van der Waals surface area contributed by atoms with E-state index in [1.165, 1.54) is 12.8 Å². The van der Waals surface area contributed by atoms with Gasteiger partial charge < -0.3 is 10.0 Å². The van der Waals surface area contributed by atoms with Crippen LogP contribution in [0.25, 0.3) is 10.4 Å². The highest BCUT2D eigenvalue weighted by atomic mass is 16.3. The minimum absolute atomic E-state index is 0.163. The number of likely N-dealkylation sites (tertiary alicyclic amines) is 1. The third-order valence-electron chi connectivity index (χ3n) is 4.00. The Labute approximate surface area is 89.7 Å². The molecule has 2 aliphatic rings. The fraction of sp³-hybridized carbons (Fsp3) is 1.00. The molecule has 1 N–H and O–H groups in total. The molecule has 0 unspecified atom stereocenters. The highest BCUT2D eigenvalue weighted by molar-refractivity contribution is 5.00. The molecule has 15 heavy (non-hydrogen) atoms. The van der Waals surface area contributed by atoms with Crippen LogP contribution in [0.2, 0.25) is 0 Å². The SMILES string of the molecule is [N-]=[N+]=NCCN1C[C@H]2CCC[C@]2(CO)C1. The first-order valence-corrected chi connectivity index (χ1v) is 5.65. The van der Waals surface area contributed by atoms with Crippen molar-refractivity contribution in [3.05, 3.63) is 10.4 Å². The summed E-state index contributed by atoms with van der Waals surface area (Å²) in [4.78, 5) is 5.08. The van der Waals surface area contributed by atoms with Crippen LogP contribution in [0, 0.1) is 11.3 Å². The Kier molecular flexibility index (Phi) is 3.14. The zero-order chi connectivity index (χ0) is 10.7. The van der Waals surface area contributed by atoms with E-state index >= 15 is 0 Å². The van der Waals surface area contributed by atoms with Crippen LogP contribution in [0.15, 0.2) is 5.11 Å². The molecule has 0 radical (unpaired) electrons. The molecule has 1 aliphatic heterocycles. The van der Waals surface area contributed by atoms with Gasteiger partial charge in [0.15, 0.2) is 0 Å². The molecular weight excluding hydrogens is 192 g/mol. The van der Waals surface area contributed by atoms with Gasteiger partial charge in [0.05, 0.1) is 6.61 Å². The molecule has 2 atom stereocenters. The largest absolute Gasteiger partial charge is 0.396 e.